The molecule has 0 spiro atoms. The van der Waals surface area contributed by atoms with Crippen molar-refractivity contribution in [2.75, 3.05) is 19.0 Å². The second-order valence-electron chi connectivity index (χ2n) is 6.67. The zero-order valence-corrected chi connectivity index (χ0v) is 16.9. The SMILES string of the molecule is C=CCc1ccc(OCC(=O)Nc2ccccc2-n2nc(C)cc2C)c(OC)c1. The summed E-state index contributed by atoms with van der Waals surface area (Å²) in [4.78, 5) is 12.5. The van der Waals surface area contributed by atoms with Gasteiger partial charge in [-0.1, -0.05) is 24.3 Å². The number of carbonyl (C=O) groups excluding carboxylic acids is 1. The van der Waals surface area contributed by atoms with Crippen molar-refractivity contribution in [2.24, 2.45) is 0 Å². The number of ether oxygens (including phenoxy) is 2. The van der Waals surface area contributed by atoms with Crippen molar-refractivity contribution in [3.8, 4) is 17.2 Å². The third kappa shape index (κ3) is 4.85. The van der Waals surface area contributed by atoms with Gasteiger partial charge in [0, 0.05) is 5.69 Å². The molecule has 0 saturated heterocycles. The average molecular weight is 391 g/mol. The number of anilines is 1. The van der Waals surface area contributed by atoms with Crippen molar-refractivity contribution in [3.63, 3.8) is 0 Å². The number of aromatic nitrogens is 2. The van der Waals surface area contributed by atoms with Crippen LogP contribution in [0.5, 0.6) is 11.5 Å². The highest BCUT2D eigenvalue weighted by molar-refractivity contribution is 5.93. The first-order valence-corrected chi connectivity index (χ1v) is 9.35. The van der Waals surface area contributed by atoms with Gasteiger partial charge in [0.2, 0.25) is 0 Å². The van der Waals surface area contributed by atoms with E-state index in [4.69, 9.17) is 9.47 Å². The van der Waals surface area contributed by atoms with Crippen molar-refractivity contribution < 1.29 is 14.3 Å². The molecule has 6 nitrogen and oxygen atoms in total. The van der Waals surface area contributed by atoms with E-state index in [9.17, 15) is 4.79 Å². The molecule has 0 atom stereocenters. The topological polar surface area (TPSA) is 65.4 Å². The molecular weight excluding hydrogens is 366 g/mol. The molecule has 150 valence electrons. The summed E-state index contributed by atoms with van der Waals surface area (Å²) in [6.07, 6.45) is 2.56. The molecule has 2 aromatic carbocycles. The number of rotatable bonds is 8. The van der Waals surface area contributed by atoms with Gasteiger partial charge in [-0.15, -0.1) is 6.58 Å². The minimum Gasteiger partial charge on any atom is -0.493 e. The highest BCUT2D eigenvalue weighted by Crippen LogP contribution is 2.28. The minimum atomic E-state index is -0.267. The number of amides is 1. The maximum absolute atomic E-state index is 12.5. The van der Waals surface area contributed by atoms with Gasteiger partial charge in [0.1, 0.15) is 0 Å². The fraction of sp³-hybridized carbons (Fsp3) is 0.217. The molecule has 1 aromatic heterocycles. The molecule has 0 fully saturated rings. The lowest BCUT2D eigenvalue weighted by Crippen LogP contribution is -2.21. The molecule has 0 aliphatic carbocycles. The lowest BCUT2D eigenvalue weighted by Gasteiger charge is -2.14. The van der Waals surface area contributed by atoms with Crippen LogP contribution < -0.4 is 14.8 Å². The molecular formula is C23H25N3O3. The summed E-state index contributed by atoms with van der Waals surface area (Å²) in [6.45, 7) is 7.51. The quantitative estimate of drug-likeness (QED) is 0.583. The maximum atomic E-state index is 12.5. The molecule has 3 rings (SSSR count). The van der Waals surface area contributed by atoms with E-state index in [0.717, 1.165) is 29.1 Å². The van der Waals surface area contributed by atoms with Gasteiger partial charge in [-0.25, -0.2) is 4.68 Å². The molecule has 6 heteroatoms. The van der Waals surface area contributed by atoms with Crippen LogP contribution in [-0.4, -0.2) is 29.4 Å². The molecule has 0 radical (unpaired) electrons. The fourth-order valence-corrected chi connectivity index (χ4v) is 3.09. The monoisotopic (exact) mass is 391 g/mol. The molecule has 0 bridgehead atoms. The molecule has 0 saturated carbocycles. The summed E-state index contributed by atoms with van der Waals surface area (Å²) in [5.74, 6) is 0.832. The van der Waals surface area contributed by atoms with Crippen molar-refractivity contribution >= 4 is 11.6 Å². The standard InChI is InChI=1S/C23H25N3O3/c1-5-8-18-11-12-21(22(14-18)28-4)29-15-23(27)24-19-9-6-7-10-20(19)26-17(3)13-16(2)25-26/h5-7,9-14H,1,8,15H2,2-4H3,(H,24,27). The van der Waals surface area contributed by atoms with Crippen LogP contribution in [0.4, 0.5) is 5.69 Å². The number of methoxy groups -OCH3 is 1. The number of nitrogens with one attached hydrogen (secondary N) is 1. The first-order valence-electron chi connectivity index (χ1n) is 9.35. The largest absolute Gasteiger partial charge is 0.493 e. The zero-order valence-electron chi connectivity index (χ0n) is 16.9. The molecule has 29 heavy (non-hydrogen) atoms. The number of aryl methyl sites for hydroxylation is 2. The van der Waals surface area contributed by atoms with Gasteiger partial charge >= 0.3 is 0 Å². The van der Waals surface area contributed by atoms with Crippen molar-refractivity contribution in [3.05, 3.63) is 78.1 Å². The van der Waals surface area contributed by atoms with E-state index in [-0.39, 0.29) is 12.5 Å². The molecule has 1 amide bonds. The van der Waals surface area contributed by atoms with Gasteiger partial charge in [0.15, 0.2) is 18.1 Å². The van der Waals surface area contributed by atoms with Gasteiger partial charge in [0.05, 0.1) is 24.2 Å². The van der Waals surface area contributed by atoms with Crippen molar-refractivity contribution in [1.82, 2.24) is 9.78 Å². The number of para-hydroxylation sites is 2. The van der Waals surface area contributed by atoms with E-state index in [1.807, 2.05) is 67.1 Å². The summed E-state index contributed by atoms with van der Waals surface area (Å²) in [5, 5.41) is 7.40. The smallest absolute Gasteiger partial charge is 0.262 e. The number of carbonyl (C=O) groups is 1. The van der Waals surface area contributed by atoms with Crippen LogP contribution in [0.1, 0.15) is 17.0 Å². The van der Waals surface area contributed by atoms with E-state index in [1.54, 1.807) is 13.2 Å². The van der Waals surface area contributed by atoms with Crippen molar-refractivity contribution in [2.45, 2.75) is 20.3 Å². The molecule has 0 aliphatic heterocycles. The van der Waals surface area contributed by atoms with Crippen LogP contribution in [0.2, 0.25) is 0 Å². The van der Waals surface area contributed by atoms with Crippen LogP contribution >= 0.6 is 0 Å². The number of nitrogens with zero attached hydrogens (tertiary/aromatic N) is 2. The Morgan fingerprint density at radius 3 is 2.66 bits per heavy atom. The van der Waals surface area contributed by atoms with Crippen LogP contribution in [-0.2, 0) is 11.2 Å². The summed E-state index contributed by atoms with van der Waals surface area (Å²) < 4.78 is 12.9. The third-order valence-electron chi connectivity index (χ3n) is 4.38. The maximum Gasteiger partial charge on any atom is 0.262 e. The molecule has 0 aliphatic rings. The van der Waals surface area contributed by atoms with E-state index in [0.29, 0.717) is 17.2 Å². The highest BCUT2D eigenvalue weighted by Gasteiger charge is 2.13. The van der Waals surface area contributed by atoms with Gasteiger partial charge in [-0.05, 0) is 56.2 Å². The summed E-state index contributed by atoms with van der Waals surface area (Å²) in [5.41, 5.74) is 4.44. The third-order valence-corrected chi connectivity index (χ3v) is 4.38. The molecule has 1 N–H and O–H groups in total. The fourth-order valence-electron chi connectivity index (χ4n) is 3.09. The number of allylic oxidation sites excluding steroid dienone is 1. The van der Waals surface area contributed by atoms with Gasteiger partial charge in [-0.3, -0.25) is 4.79 Å². The first kappa shape index (κ1) is 20.2. The summed E-state index contributed by atoms with van der Waals surface area (Å²) in [6, 6.07) is 15.1. The first-order chi connectivity index (χ1) is 14.0. The Hall–Kier alpha value is -3.54. The molecule has 3 aromatic rings. The summed E-state index contributed by atoms with van der Waals surface area (Å²) in [7, 11) is 1.57. The van der Waals surface area contributed by atoms with Gasteiger partial charge in [-0.2, -0.15) is 5.10 Å². The lowest BCUT2D eigenvalue weighted by atomic mass is 10.1. The Kier molecular flexibility index (Phi) is 6.34. The van der Waals surface area contributed by atoms with Crippen molar-refractivity contribution in [1.29, 1.82) is 0 Å². The minimum absolute atomic E-state index is 0.136. The predicted octanol–water partition coefficient (Wildman–Crippen LogP) is 4.24. The van der Waals surface area contributed by atoms with Crippen LogP contribution in [0, 0.1) is 13.8 Å². The van der Waals surface area contributed by atoms with Gasteiger partial charge < -0.3 is 14.8 Å². The number of benzene rings is 2. The van der Waals surface area contributed by atoms with Crippen LogP contribution in [0.25, 0.3) is 5.69 Å². The summed E-state index contributed by atoms with van der Waals surface area (Å²) >= 11 is 0. The lowest BCUT2D eigenvalue weighted by molar-refractivity contribution is -0.118. The van der Waals surface area contributed by atoms with Gasteiger partial charge in [0.25, 0.3) is 5.91 Å². The highest BCUT2D eigenvalue weighted by atomic mass is 16.5. The van der Waals surface area contributed by atoms with E-state index in [2.05, 4.69) is 17.0 Å². The average Bonchev–Trinajstić information content (AvgIpc) is 3.05. The predicted molar refractivity (Wildman–Crippen MR) is 114 cm³/mol. The normalized spacial score (nSPS) is 10.4. The Labute approximate surface area is 170 Å². The van der Waals surface area contributed by atoms with E-state index >= 15 is 0 Å². The van der Waals surface area contributed by atoms with Crippen LogP contribution in [0.3, 0.4) is 0 Å². The van der Waals surface area contributed by atoms with E-state index < -0.39 is 0 Å². The zero-order chi connectivity index (χ0) is 20.8. The second-order valence-corrected chi connectivity index (χ2v) is 6.67. The number of hydrogen-bond donors (Lipinski definition) is 1. The Balaban J connectivity index is 1.71. The molecule has 0 unspecified atom stereocenters. The Morgan fingerprint density at radius 1 is 1.17 bits per heavy atom. The molecule has 1 heterocycles. The Morgan fingerprint density at radius 2 is 1.97 bits per heavy atom. The van der Waals surface area contributed by atoms with Crippen LogP contribution in [0.15, 0.2) is 61.2 Å². The van der Waals surface area contributed by atoms with E-state index in [1.165, 1.54) is 0 Å². The second kappa shape index (κ2) is 9.10. The Bertz CT molecular complexity index is 1020. The number of hydrogen-bond acceptors (Lipinski definition) is 4.